The van der Waals surface area contributed by atoms with Gasteiger partial charge in [0.2, 0.25) is 5.91 Å². The zero-order valence-corrected chi connectivity index (χ0v) is 24.3. The van der Waals surface area contributed by atoms with Gasteiger partial charge in [0.05, 0.1) is 30.5 Å². The quantitative estimate of drug-likeness (QED) is 0.405. The average molecular weight is 584 g/mol. The maximum atomic E-state index is 15.5. The minimum Gasteiger partial charge on any atom is -0.378 e. The summed E-state index contributed by atoms with van der Waals surface area (Å²) in [5.41, 5.74) is 6.35. The van der Waals surface area contributed by atoms with Crippen LogP contribution in [-0.2, 0) is 9.53 Å². The number of ether oxygens (including phenoxy) is 1. The van der Waals surface area contributed by atoms with E-state index in [1.165, 1.54) is 19.1 Å². The van der Waals surface area contributed by atoms with Crippen LogP contribution in [0.4, 0.5) is 31.8 Å². The number of hydrogen-bond acceptors (Lipinski definition) is 8. The molecule has 3 aliphatic heterocycles. The Labute approximate surface area is 244 Å². The van der Waals surface area contributed by atoms with Crippen LogP contribution in [0.1, 0.15) is 42.6 Å². The highest BCUT2D eigenvalue weighted by Gasteiger charge is 2.33. The lowest BCUT2D eigenvalue weighted by atomic mass is 9.99. The molecule has 0 unspecified atom stereocenters. The Bertz CT molecular complexity index is 1370. The summed E-state index contributed by atoms with van der Waals surface area (Å²) in [6, 6.07) is 5.06. The predicted molar refractivity (Wildman–Crippen MR) is 158 cm³/mol. The first-order chi connectivity index (χ1) is 20.1. The van der Waals surface area contributed by atoms with Gasteiger partial charge in [-0.15, -0.1) is 0 Å². The first kappa shape index (κ1) is 29.7. The number of carbonyl (C=O) groups is 2. The van der Waals surface area contributed by atoms with Crippen molar-refractivity contribution in [1.29, 1.82) is 0 Å². The number of anilines is 4. The standard InChI is InChI=1S/C30H39F2N7O3/c1-5-25(40)39-14-21(7-6-17(39)2)35-30-27(32)19(4)26(28(33)41)29(36-30)34-20-8-9-24(23(31)12-20)38-11-10-37(13-18(38)3)22-15-42-16-22/h5,8-9,12,17-18,21-22H,1,6-7,10-11,13-16H2,2-4H3,(H2,33,41)(H2,34,35,36)/t17-,18-,21+/m0/s1. The molecule has 3 saturated heterocycles. The summed E-state index contributed by atoms with van der Waals surface area (Å²) in [6.07, 6.45) is 2.67. The predicted octanol–water partition coefficient (Wildman–Crippen LogP) is 3.40. The molecule has 0 bridgehead atoms. The number of benzene rings is 1. The SMILES string of the molecule is C=CC(=O)N1C[C@H](Nc2nc(Nc3ccc(N4CCN(C5COC5)C[C@@H]4C)c(F)c3)c(C(N)=O)c(C)c2F)CC[C@@H]1C. The lowest BCUT2D eigenvalue weighted by Crippen LogP contribution is -2.59. The van der Waals surface area contributed by atoms with Crippen molar-refractivity contribution < 1.29 is 23.1 Å². The van der Waals surface area contributed by atoms with Gasteiger partial charge in [0.15, 0.2) is 11.6 Å². The molecule has 2 aromatic rings. The summed E-state index contributed by atoms with van der Waals surface area (Å²) >= 11 is 0. The van der Waals surface area contributed by atoms with Gasteiger partial charge in [0.1, 0.15) is 11.6 Å². The number of nitrogens with two attached hydrogens (primary N) is 1. The third-order valence-electron chi connectivity index (χ3n) is 8.62. The van der Waals surface area contributed by atoms with Crippen molar-refractivity contribution >= 4 is 34.8 Å². The van der Waals surface area contributed by atoms with E-state index in [1.807, 2.05) is 6.92 Å². The lowest BCUT2D eigenvalue weighted by molar-refractivity contribution is -0.129. The number of piperidine rings is 1. The van der Waals surface area contributed by atoms with Crippen molar-refractivity contribution in [2.24, 2.45) is 5.73 Å². The van der Waals surface area contributed by atoms with Gasteiger partial charge >= 0.3 is 0 Å². The van der Waals surface area contributed by atoms with E-state index in [4.69, 9.17) is 10.5 Å². The van der Waals surface area contributed by atoms with E-state index in [0.717, 1.165) is 32.7 Å². The maximum Gasteiger partial charge on any atom is 0.252 e. The maximum absolute atomic E-state index is 15.5. The third-order valence-corrected chi connectivity index (χ3v) is 8.62. The van der Waals surface area contributed by atoms with Gasteiger partial charge < -0.3 is 30.9 Å². The van der Waals surface area contributed by atoms with Crippen LogP contribution in [0.3, 0.4) is 0 Å². The van der Waals surface area contributed by atoms with Crippen molar-refractivity contribution in [3.05, 3.63) is 53.6 Å². The Kier molecular flexibility index (Phi) is 8.65. The Morgan fingerprint density at radius 1 is 1.12 bits per heavy atom. The monoisotopic (exact) mass is 583 g/mol. The molecule has 3 atom stereocenters. The summed E-state index contributed by atoms with van der Waals surface area (Å²) < 4.78 is 36.2. The van der Waals surface area contributed by atoms with Gasteiger partial charge in [-0.1, -0.05) is 6.58 Å². The lowest BCUT2D eigenvalue weighted by Gasteiger charge is -2.46. The Morgan fingerprint density at radius 2 is 1.88 bits per heavy atom. The minimum absolute atomic E-state index is 0.0175. The number of rotatable bonds is 8. The molecule has 0 radical (unpaired) electrons. The Balaban J connectivity index is 1.36. The van der Waals surface area contributed by atoms with E-state index >= 15 is 8.78 Å². The number of nitrogens with zero attached hydrogens (tertiary/aromatic N) is 4. The van der Waals surface area contributed by atoms with Gasteiger partial charge in [-0.25, -0.2) is 13.8 Å². The zero-order valence-electron chi connectivity index (χ0n) is 24.3. The molecule has 1 aromatic carbocycles. The smallest absolute Gasteiger partial charge is 0.252 e. The molecule has 2 amide bonds. The van der Waals surface area contributed by atoms with Gasteiger partial charge in [0, 0.05) is 55.6 Å². The fourth-order valence-electron chi connectivity index (χ4n) is 6.08. The van der Waals surface area contributed by atoms with Crippen LogP contribution in [0.5, 0.6) is 0 Å². The van der Waals surface area contributed by atoms with Crippen molar-refractivity contribution in [2.45, 2.75) is 57.8 Å². The molecule has 12 heteroatoms. The van der Waals surface area contributed by atoms with Crippen molar-refractivity contribution in [2.75, 3.05) is 54.9 Å². The van der Waals surface area contributed by atoms with Gasteiger partial charge in [0.25, 0.3) is 5.91 Å². The summed E-state index contributed by atoms with van der Waals surface area (Å²) in [7, 11) is 0. The van der Waals surface area contributed by atoms with E-state index in [0.29, 0.717) is 36.9 Å². The molecule has 3 fully saturated rings. The molecular weight excluding hydrogens is 544 g/mol. The number of carbonyl (C=O) groups excluding carboxylic acids is 2. The Hall–Kier alpha value is -3.77. The van der Waals surface area contributed by atoms with E-state index in [9.17, 15) is 9.59 Å². The van der Waals surface area contributed by atoms with Crippen LogP contribution < -0.4 is 21.3 Å². The fourth-order valence-corrected chi connectivity index (χ4v) is 6.08. The van der Waals surface area contributed by atoms with E-state index in [1.54, 1.807) is 17.0 Å². The molecule has 226 valence electrons. The van der Waals surface area contributed by atoms with E-state index < -0.39 is 17.5 Å². The second-order valence-electron chi connectivity index (χ2n) is 11.5. The second-order valence-corrected chi connectivity index (χ2v) is 11.5. The molecular formula is C30H39F2N7O3. The molecule has 1 aromatic heterocycles. The highest BCUT2D eigenvalue weighted by molar-refractivity contribution is 6.00. The van der Waals surface area contributed by atoms with Crippen LogP contribution >= 0.6 is 0 Å². The van der Waals surface area contributed by atoms with Crippen LogP contribution in [-0.4, -0.2) is 90.2 Å². The summed E-state index contributed by atoms with van der Waals surface area (Å²) in [5.74, 6) is -2.25. The highest BCUT2D eigenvalue weighted by atomic mass is 19.1. The van der Waals surface area contributed by atoms with Crippen LogP contribution in [0.25, 0.3) is 0 Å². The van der Waals surface area contributed by atoms with Crippen molar-refractivity contribution in [1.82, 2.24) is 14.8 Å². The van der Waals surface area contributed by atoms with Crippen LogP contribution in [0, 0.1) is 18.6 Å². The summed E-state index contributed by atoms with van der Waals surface area (Å²) in [5, 5.41) is 6.09. The van der Waals surface area contributed by atoms with Gasteiger partial charge in [-0.3, -0.25) is 14.5 Å². The number of aromatic nitrogens is 1. The highest BCUT2D eigenvalue weighted by Crippen LogP contribution is 2.32. The molecule has 4 N–H and O–H groups in total. The third kappa shape index (κ3) is 5.91. The number of halogens is 2. The molecule has 0 saturated carbocycles. The normalized spacial score (nSPS) is 23.3. The topological polar surface area (TPSA) is 116 Å². The molecule has 0 aliphatic carbocycles. The first-order valence-electron chi connectivity index (χ1n) is 14.4. The number of piperazine rings is 1. The molecule has 3 aliphatic rings. The number of primary amides is 1. The molecule has 5 rings (SSSR count). The fraction of sp³-hybridized carbons (Fsp3) is 0.500. The Morgan fingerprint density at radius 3 is 2.50 bits per heavy atom. The zero-order chi connectivity index (χ0) is 30.1. The molecule has 0 spiro atoms. The average Bonchev–Trinajstić information content (AvgIpc) is 2.91. The molecule has 10 nitrogen and oxygen atoms in total. The number of pyridine rings is 1. The molecule has 4 heterocycles. The number of hydrogen-bond donors (Lipinski definition) is 3. The number of likely N-dealkylation sites (tertiary alicyclic amines) is 1. The summed E-state index contributed by atoms with van der Waals surface area (Å²) in [4.78, 5) is 35.1. The van der Waals surface area contributed by atoms with Gasteiger partial charge in [-0.2, -0.15) is 0 Å². The largest absolute Gasteiger partial charge is 0.378 e. The molecule has 42 heavy (non-hydrogen) atoms. The number of nitrogens with one attached hydrogen (secondary N) is 2. The number of amides is 2. The van der Waals surface area contributed by atoms with E-state index in [-0.39, 0.29) is 46.8 Å². The van der Waals surface area contributed by atoms with Crippen LogP contribution in [0.2, 0.25) is 0 Å². The van der Waals surface area contributed by atoms with Crippen LogP contribution in [0.15, 0.2) is 30.9 Å². The van der Waals surface area contributed by atoms with Crippen molar-refractivity contribution in [3.63, 3.8) is 0 Å². The van der Waals surface area contributed by atoms with Gasteiger partial charge in [-0.05, 0) is 57.9 Å². The van der Waals surface area contributed by atoms with Crippen molar-refractivity contribution in [3.8, 4) is 0 Å². The van der Waals surface area contributed by atoms with E-state index in [2.05, 4.69) is 38.9 Å². The summed E-state index contributed by atoms with van der Waals surface area (Å²) in [6.45, 7) is 13.2. The minimum atomic E-state index is -0.858. The first-order valence-corrected chi connectivity index (χ1v) is 14.4. The second kappa shape index (κ2) is 12.2.